The van der Waals surface area contributed by atoms with E-state index in [0.29, 0.717) is 13.2 Å². The molecule has 1 atom stereocenters. The second kappa shape index (κ2) is 6.70. The summed E-state index contributed by atoms with van der Waals surface area (Å²) in [6.07, 6.45) is 0. The molecular formula is C12H15BrFNO3. The van der Waals surface area contributed by atoms with Crippen molar-refractivity contribution < 1.29 is 19.0 Å². The number of hydrogen-bond acceptors (Lipinski definition) is 3. The summed E-state index contributed by atoms with van der Waals surface area (Å²) in [5, 5.41) is 9.52. The van der Waals surface area contributed by atoms with Gasteiger partial charge >= 0.3 is 0 Å². The molecule has 0 radical (unpaired) electrons. The lowest BCUT2D eigenvalue weighted by atomic mass is 10.1. The molecule has 0 aliphatic heterocycles. The second-order valence-electron chi connectivity index (χ2n) is 3.90. The van der Waals surface area contributed by atoms with Gasteiger partial charge in [0.1, 0.15) is 11.6 Å². The van der Waals surface area contributed by atoms with Crippen LogP contribution in [-0.4, -0.2) is 48.0 Å². The SMILES string of the molecule is COCC(Br)CN(C)C(=O)c1ccc(F)cc1O. The van der Waals surface area contributed by atoms with Crippen molar-refractivity contribution in [3.63, 3.8) is 0 Å². The average molecular weight is 320 g/mol. The highest BCUT2D eigenvalue weighted by Crippen LogP contribution is 2.20. The Bertz CT molecular complexity index is 428. The molecule has 0 saturated heterocycles. The van der Waals surface area contributed by atoms with Gasteiger partial charge in [0.05, 0.1) is 17.0 Å². The van der Waals surface area contributed by atoms with Gasteiger partial charge < -0.3 is 14.7 Å². The molecule has 1 amide bonds. The van der Waals surface area contributed by atoms with Crippen molar-refractivity contribution in [2.45, 2.75) is 4.83 Å². The number of ether oxygens (including phenoxy) is 1. The Hall–Kier alpha value is -1.14. The first kappa shape index (κ1) is 14.9. The highest BCUT2D eigenvalue weighted by Gasteiger charge is 2.18. The first-order valence-corrected chi connectivity index (χ1v) is 6.24. The number of phenolic OH excluding ortho intramolecular Hbond substituents is 1. The Kier molecular flexibility index (Phi) is 5.55. The largest absolute Gasteiger partial charge is 0.507 e. The van der Waals surface area contributed by atoms with E-state index < -0.39 is 5.82 Å². The van der Waals surface area contributed by atoms with Gasteiger partial charge in [0.25, 0.3) is 5.91 Å². The standard InChI is InChI=1S/C12H15BrFNO3/c1-15(6-8(13)7-18-2)12(17)10-4-3-9(14)5-11(10)16/h3-5,8,16H,6-7H2,1-2H3. The Morgan fingerprint density at radius 2 is 2.28 bits per heavy atom. The van der Waals surface area contributed by atoms with E-state index in [4.69, 9.17) is 4.74 Å². The fraction of sp³-hybridized carbons (Fsp3) is 0.417. The van der Waals surface area contributed by atoms with Crippen LogP contribution < -0.4 is 0 Å². The molecule has 0 bridgehead atoms. The van der Waals surface area contributed by atoms with E-state index in [1.165, 1.54) is 11.0 Å². The smallest absolute Gasteiger partial charge is 0.257 e. The monoisotopic (exact) mass is 319 g/mol. The minimum atomic E-state index is -0.579. The Labute approximate surface area is 113 Å². The van der Waals surface area contributed by atoms with Crippen molar-refractivity contribution in [3.8, 4) is 5.75 Å². The van der Waals surface area contributed by atoms with Crippen LogP contribution in [0.15, 0.2) is 18.2 Å². The summed E-state index contributed by atoms with van der Waals surface area (Å²) in [7, 11) is 3.18. The van der Waals surface area contributed by atoms with Gasteiger partial charge in [-0.1, -0.05) is 15.9 Å². The van der Waals surface area contributed by atoms with Crippen molar-refractivity contribution in [2.75, 3.05) is 27.3 Å². The third-order valence-corrected chi connectivity index (χ3v) is 2.91. The minimum Gasteiger partial charge on any atom is -0.507 e. The number of methoxy groups -OCH3 is 1. The molecule has 0 fully saturated rings. The quantitative estimate of drug-likeness (QED) is 0.845. The molecule has 1 aromatic carbocycles. The van der Waals surface area contributed by atoms with E-state index in [1.807, 2.05) is 0 Å². The number of phenols is 1. The average Bonchev–Trinajstić information content (AvgIpc) is 2.28. The zero-order chi connectivity index (χ0) is 13.7. The maximum Gasteiger partial charge on any atom is 0.257 e. The third-order valence-electron chi connectivity index (χ3n) is 2.36. The molecule has 0 heterocycles. The molecule has 0 aliphatic rings. The summed E-state index contributed by atoms with van der Waals surface area (Å²) in [4.78, 5) is 13.4. The fourth-order valence-corrected chi connectivity index (χ4v) is 2.20. The summed E-state index contributed by atoms with van der Waals surface area (Å²) >= 11 is 3.37. The zero-order valence-electron chi connectivity index (χ0n) is 10.2. The van der Waals surface area contributed by atoms with E-state index in [0.717, 1.165) is 12.1 Å². The van der Waals surface area contributed by atoms with Gasteiger partial charge in [-0.25, -0.2) is 4.39 Å². The van der Waals surface area contributed by atoms with Gasteiger partial charge in [-0.15, -0.1) is 0 Å². The van der Waals surface area contributed by atoms with Gasteiger partial charge in [0.2, 0.25) is 0 Å². The van der Waals surface area contributed by atoms with Crippen LogP contribution in [0.1, 0.15) is 10.4 Å². The number of amides is 1. The molecular weight excluding hydrogens is 305 g/mol. The number of alkyl halides is 1. The first-order chi connectivity index (χ1) is 8.45. The van der Waals surface area contributed by atoms with Gasteiger partial charge in [-0.3, -0.25) is 4.79 Å². The number of carbonyl (C=O) groups excluding carboxylic acids is 1. The zero-order valence-corrected chi connectivity index (χ0v) is 11.8. The van der Waals surface area contributed by atoms with Crippen LogP contribution in [0, 0.1) is 5.82 Å². The van der Waals surface area contributed by atoms with Crippen LogP contribution in [0.3, 0.4) is 0 Å². The topological polar surface area (TPSA) is 49.8 Å². The predicted octanol–water partition coefficient (Wildman–Crippen LogP) is 2.01. The fourth-order valence-electron chi connectivity index (χ4n) is 1.50. The normalized spacial score (nSPS) is 12.2. The number of halogens is 2. The molecule has 4 nitrogen and oxygen atoms in total. The molecule has 6 heteroatoms. The van der Waals surface area contributed by atoms with Crippen LogP contribution in [0.5, 0.6) is 5.75 Å². The number of hydrogen-bond donors (Lipinski definition) is 1. The predicted molar refractivity (Wildman–Crippen MR) is 69.6 cm³/mol. The van der Waals surface area contributed by atoms with Crippen LogP contribution in [0.4, 0.5) is 4.39 Å². The first-order valence-electron chi connectivity index (χ1n) is 5.32. The third kappa shape index (κ3) is 3.96. The minimum absolute atomic E-state index is 0.000888. The number of carbonyl (C=O) groups is 1. The molecule has 1 N–H and O–H groups in total. The summed E-state index contributed by atoms with van der Waals surface area (Å²) in [6, 6.07) is 3.33. The number of nitrogens with zero attached hydrogens (tertiary/aromatic N) is 1. The molecule has 1 unspecified atom stereocenters. The molecule has 100 valence electrons. The highest BCUT2D eigenvalue weighted by atomic mass is 79.9. The summed E-state index contributed by atoms with van der Waals surface area (Å²) < 4.78 is 17.8. The van der Waals surface area contributed by atoms with E-state index in [2.05, 4.69) is 15.9 Å². The lowest BCUT2D eigenvalue weighted by Crippen LogP contribution is -2.33. The second-order valence-corrected chi connectivity index (χ2v) is 5.19. The van der Waals surface area contributed by atoms with Gasteiger partial charge in [0, 0.05) is 26.8 Å². The summed E-state index contributed by atoms with van der Waals surface area (Å²) in [6.45, 7) is 0.885. The summed E-state index contributed by atoms with van der Waals surface area (Å²) in [5.74, 6) is -1.30. The van der Waals surface area contributed by atoms with Crippen LogP contribution >= 0.6 is 15.9 Å². The molecule has 0 spiro atoms. The number of rotatable bonds is 5. The van der Waals surface area contributed by atoms with Gasteiger partial charge in [-0.05, 0) is 12.1 Å². The highest BCUT2D eigenvalue weighted by molar-refractivity contribution is 9.09. The van der Waals surface area contributed by atoms with Crippen LogP contribution in [0.25, 0.3) is 0 Å². The van der Waals surface area contributed by atoms with Crippen LogP contribution in [0.2, 0.25) is 0 Å². The maximum absolute atomic E-state index is 12.8. The van der Waals surface area contributed by atoms with Crippen molar-refractivity contribution in [1.82, 2.24) is 4.90 Å². The van der Waals surface area contributed by atoms with Crippen LogP contribution in [-0.2, 0) is 4.74 Å². The molecule has 18 heavy (non-hydrogen) atoms. The molecule has 0 saturated carbocycles. The van der Waals surface area contributed by atoms with Crippen molar-refractivity contribution in [1.29, 1.82) is 0 Å². The van der Waals surface area contributed by atoms with Crippen molar-refractivity contribution in [3.05, 3.63) is 29.6 Å². The Morgan fingerprint density at radius 1 is 1.61 bits per heavy atom. The molecule has 0 aromatic heterocycles. The van der Waals surface area contributed by atoms with E-state index in [1.54, 1.807) is 14.2 Å². The van der Waals surface area contributed by atoms with Gasteiger partial charge in [0.15, 0.2) is 0 Å². The molecule has 1 aromatic rings. The van der Waals surface area contributed by atoms with E-state index in [-0.39, 0.29) is 22.0 Å². The summed E-state index contributed by atoms with van der Waals surface area (Å²) in [5.41, 5.74) is 0.0796. The van der Waals surface area contributed by atoms with Crippen molar-refractivity contribution >= 4 is 21.8 Å². The number of benzene rings is 1. The Balaban J connectivity index is 2.74. The lowest BCUT2D eigenvalue weighted by molar-refractivity contribution is 0.0781. The number of aromatic hydroxyl groups is 1. The Morgan fingerprint density at radius 3 is 2.83 bits per heavy atom. The molecule has 0 aliphatic carbocycles. The lowest BCUT2D eigenvalue weighted by Gasteiger charge is -2.20. The van der Waals surface area contributed by atoms with E-state index >= 15 is 0 Å². The maximum atomic E-state index is 12.8. The van der Waals surface area contributed by atoms with Gasteiger partial charge in [-0.2, -0.15) is 0 Å². The molecule has 1 rings (SSSR count). The van der Waals surface area contributed by atoms with E-state index in [9.17, 15) is 14.3 Å². The van der Waals surface area contributed by atoms with Crippen molar-refractivity contribution in [2.24, 2.45) is 0 Å².